The molecule has 0 aliphatic rings. The topological polar surface area (TPSA) is 23.1 Å². The number of hydrogen-bond acceptors (Lipinski definition) is 1. The van der Waals surface area contributed by atoms with Crippen molar-refractivity contribution in [3.05, 3.63) is 28.7 Å². The first-order chi connectivity index (χ1) is 3.79. The van der Waals surface area contributed by atoms with E-state index in [1.807, 2.05) is 6.07 Å². The lowest BCUT2D eigenvalue weighted by molar-refractivity contribution is -0.268. The van der Waals surface area contributed by atoms with Crippen molar-refractivity contribution < 1.29 is 5.11 Å². The van der Waals surface area contributed by atoms with Gasteiger partial charge in [-0.25, -0.2) is 0 Å². The predicted octanol–water partition coefficient (Wildman–Crippen LogP) is 1.52. The molecule has 0 unspecified atom stereocenters. The molecule has 0 saturated carbocycles. The van der Waals surface area contributed by atoms with Crippen LogP contribution >= 0.6 is 15.9 Å². The average Bonchev–Trinajstić information content (AvgIpc) is 1.64. The zero-order valence-corrected chi connectivity index (χ0v) is 5.68. The van der Waals surface area contributed by atoms with Gasteiger partial charge in [0.1, 0.15) is 0 Å². The highest BCUT2D eigenvalue weighted by Crippen LogP contribution is 2.12. The van der Waals surface area contributed by atoms with Gasteiger partial charge >= 0.3 is 0 Å². The third-order valence-electron chi connectivity index (χ3n) is 0.796. The highest BCUT2D eigenvalue weighted by atomic mass is 79.9. The maximum Gasteiger partial charge on any atom is 0.0169 e. The van der Waals surface area contributed by atoms with Gasteiger partial charge in [0, 0.05) is 4.47 Å². The van der Waals surface area contributed by atoms with Crippen molar-refractivity contribution >= 4 is 15.9 Å². The second kappa shape index (κ2) is 2.18. The Morgan fingerprint density at radius 3 is 2.50 bits per heavy atom. The van der Waals surface area contributed by atoms with Crippen LogP contribution in [0.4, 0.5) is 0 Å². The van der Waals surface area contributed by atoms with Crippen LogP contribution in [0, 0.1) is 0 Å². The van der Waals surface area contributed by atoms with E-state index >= 15 is 0 Å². The van der Waals surface area contributed by atoms with Gasteiger partial charge in [-0.2, -0.15) is 0 Å². The second-order valence-electron chi connectivity index (χ2n) is 1.46. The van der Waals surface area contributed by atoms with E-state index in [2.05, 4.69) is 15.9 Å². The summed E-state index contributed by atoms with van der Waals surface area (Å²) in [5.41, 5.74) is 0. The van der Waals surface area contributed by atoms with Gasteiger partial charge in [0.15, 0.2) is 0 Å². The van der Waals surface area contributed by atoms with E-state index in [1.54, 1.807) is 6.07 Å². The summed E-state index contributed by atoms with van der Waals surface area (Å²) >= 11 is 3.16. The van der Waals surface area contributed by atoms with E-state index in [0.717, 1.165) is 4.47 Å². The Morgan fingerprint density at radius 1 is 1.38 bits per heavy atom. The molecule has 1 nitrogen and oxygen atoms in total. The van der Waals surface area contributed by atoms with Crippen LogP contribution in [0.15, 0.2) is 28.7 Å². The minimum Gasteiger partial charge on any atom is -0.872 e. The molecule has 1 aromatic rings. The Bertz CT molecular complexity index is 168. The average molecular weight is 172 g/mol. The molecule has 1 aromatic carbocycles. The second-order valence-corrected chi connectivity index (χ2v) is 2.37. The smallest absolute Gasteiger partial charge is 0.0169 e. The van der Waals surface area contributed by atoms with Gasteiger partial charge in [-0.15, -0.1) is 5.75 Å². The third kappa shape index (κ3) is 1.23. The van der Waals surface area contributed by atoms with Crippen molar-refractivity contribution in [1.82, 2.24) is 0 Å². The molecule has 0 bridgehead atoms. The largest absolute Gasteiger partial charge is 0.872 e. The SMILES string of the molecule is [O-]c1cccc(Br)c1. The maximum atomic E-state index is 10.5. The maximum absolute atomic E-state index is 10.5. The Balaban J connectivity index is 3.08. The number of halogens is 1. The molecular formula is C6H4BrO-. The first-order valence-corrected chi connectivity index (χ1v) is 3.01. The van der Waals surface area contributed by atoms with Crippen LogP contribution < -0.4 is 5.11 Å². The number of rotatable bonds is 0. The molecule has 0 fully saturated rings. The molecule has 0 saturated heterocycles. The van der Waals surface area contributed by atoms with Crippen molar-refractivity contribution in [3.8, 4) is 5.75 Å². The van der Waals surface area contributed by atoms with Crippen LogP contribution in [-0.2, 0) is 0 Å². The monoisotopic (exact) mass is 171 g/mol. The van der Waals surface area contributed by atoms with Gasteiger partial charge < -0.3 is 5.11 Å². The van der Waals surface area contributed by atoms with Gasteiger partial charge in [0.25, 0.3) is 0 Å². The van der Waals surface area contributed by atoms with E-state index < -0.39 is 0 Å². The molecule has 0 radical (unpaired) electrons. The van der Waals surface area contributed by atoms with E-state index in [-0.39, 0.29) is 5.75 Å². The molecule has 0 heterocycles. The summed E-state index contributed by atoms with van der Waals surface area (Å²) in [7, 11) is 0. The lowest BCUT2D eigenvalue weighted by Crippen LogP contribution is -1.86. The number of benzene rings is 1. The molecular weight excluding hydrogens is 168 g/mol. The van der Waals surface area contributed by atoms with Crippen LogP contribution in [-0.4, -0.2) is 0 Å². The van der Waals surface area contributed by atoms with Crippen molar-refractivity contribution in [1.29, 1.82) is 0 Å². The van der Waals surface area contributed by atoms with E-state index in [4.69, 9.17) is 0 Å². The zero-order chi connectivity index (χ0) is 5.98. The molecule has 0 N–H and O–H groups in total. The Morgan fingerprint density at radius 2 is 2.12 bits per heavy atom. The lowest BCUT2D eigenvalue weighted by atomic mass is 10.3. The van der Waals surface area contributed by atoms with Gasteiger partial charge in [0.2, 0.25) is 0 Å². The zero-order valence-electron chi connectivity index (χ0n) is 4.10. The summed E-state index contributed by atoms with van der Waals surface area (Å²) < 4.78 is 0.838. The molecule has 0 aliphatic heterocycles. The molecule has 0 aromatic heterocycles. The van der Waals surface area contributed by atoms with Crippen LogP contribution in [0.2, 0.25) is 0 Å². The lowest BCUT2D eigenvalue weighted by Gasteiger charge is -2.01. The van der Waals surface area contributed by atoms with E-state index in [1.165, 1.54) is 12.1 Å². The minimum absolute atomic E-state index is 0.0411. The van der Waals surface area contributed by atoms with Crippen LogP contribution in [0.3, 0.4) is 0 Å². The first-order valence-electron chi connectivity index (χ1n) is 2.21. The van der Waals surface area contributed by atoms with Crippen LogP contribution in [0.25, 0.3) is 0 Å². The number of hydrogen-bond donors (Lipinski definition) is 0. The molecule has 0 amide bonds. The van der Waals surface area contributed by atoms with Gasteiger partial charge in [0.05, 0.1) is 0 Å². The Hall–Kier alpha value is -0.500. The Kier molecular flexibility index (Phi) is 1.53. The van der Waals surface area contributed by atoms with Crippen molar-refractivity contribution in [3.63, 3.8) is 0 Å². The summed E-state index contributed by atoms with van der Waals surface area (Å²) in [6.45, 7) is 0. The van der Waals surface area contributed by atoms with Crippen molar-refractivity contribution in [2.75, 3.05) is 0 Å². The Labute approximate surface area is 56.1 Å². The van der Waals surface area contributed by atoms with Crippen LogP contribution in [0.5, 0.6) is 5.75 Å². The quantitative estimate of drug-likeness (QED) is 0.581. The van der Waals surface area contributed by atoms with Gasteiger partial charge in [-0.05, 0) is 6.07 Å². The third-order valence-corrected chi connectivity index (χ3v) is 1.29. The molecule has 0 atom stereocenters. The summed E-state index contributed by atoms with van der Waals surface area (Å²) in [6, 6.07) is 6.58. The van der Waals surface area contributed by atoms with Crippen LogP contribution in [0.1, 0.15) is 0 Å². The fourth-order valence-corrected chi connectivity index (χ4v) is 0.845. The first kappa shape index (κ1) is 5.63. The molecule has 8 heavy (non-hydrogen) atoms. The minimum atomic E-state index is 0.0411. The molecule has 42 valence electrons. The van der Waals surface area contributed by atoms with E-state index in [9.17, 15) is 5.11 Å². The molecule has 2 heteroatoms. The van der Waals surface area contributed by atoms with Crippen molar-refractivity contribution in [2.24, 2.45) is 0 Å². The fourth-order valence-electron chi connectivity index (χ4n) is 0.467. The standard InChI is InChI=1S/C6H5BrO/c7-5-2-1-3-6(8)4-5/h1-4,8H/p-1. The highest BCUT2D eigenvalue weighted by Gasteiger charge is 1.78. The molecule has 1 rings (SSSR count). The van der Waals surface area contributed by atoms with Gasteiger partial charge in [-0.3, -0.25) is 0 Å². The summed E-state index contributed by atoms with van der Waals surface area (Å²) in [6.07, 6.45) is 0. The molecule has 0 spiro atoms. The fraction of sp³-hybridized carbons (Fsp3) is 0. The summed E-state index contributed by atoms with van der Waals surface area (Å²) in [5, 5.41) is 10.5. The normalized spacial score (nSPS) is 9.12. The summed E-state index contributed by atoms with van der Waals surface area (Å²) in [5.74, 6) is 0.0411. The molecule has 0 aliphatic carbocycles. The van der Waals surface area contributed by atoms with E-state index in [0.29, 0.717) is 0 Å². The van der Waals surface area contributed by atoms with Gasteiger partial charge in [-0.1, -0.05) is 34.1 Å². The van der Waals surface area contributed by atoms with Crippen molar-refractivity contribution in [2.45, 2.75) is 0 Å². The summed E-state index contributed by atoms with van der Waals surface area (Å²) in [4.78, 5) is 0. The highest BCUT2D eigenvalue weighted by molar-refractivity contribution is 9.10. The predicted molar refractivity (Wildman–Crippen MR) is 33.6 cm³/mol.